The summed E-state index contributed by atoms with van der Waals surface area (Å²) in [4.78, 5) is 46.6. The van der Waals surface area contributed by atoms with Gasteiger partial charge in [0.15, 0.2) is 0 Å². The van der Waals surface area contributed by atoms with Crippen molar-refractivity contribution in [3.8, 4) is 33.5 Å². The van der Waals surface area contributed by atoms with Gasteiger partial charge in [-0.1, -0.05) is 54.6 Å². The average molecular weight is 751 g/mol. The van der Waals surface area contributed by atoms with Gasteiger partial charge in [-0.05, 0) is 142 Å². The number of likely N-dealkylation sites (tertiary alicyclic amines) is 2. The van der Waals surface area contributed by atoms with Crippen molar-refractivity contribution >= 4 is 34.0 Å². The van der Waals surface area contributed by atoms with Crippen molar-refractivity contribution in [1.29, 1.82) is 0 Å². The predicted octanol–water partition coefficient (Wildman–Crippen LogP) is 11.0. The molecule has 2 N–H and O–H groups in total. The number of H-pyrrole nitrogens is 2. The summed E-state index contributed by atoms with van der Waals surface area (Å²) < 4.78 is 11.5. The maximum Gasteiger partial charge on any atom is 0.411 e. The molecule has 3 aliphatic rings. The summed E-state index contributed by atoms with van der Waals surface area (Å²) in [5.41, 5.74) is 7.27. The minimum atomic E-state index is -0.544. The van der Waals surface area contributed by atoms with Crippen molar-refractivity contribution in [2.24, 2.45) is 5.92 Å². The molecule has 2 bridgehead atoms. The lowest BCUT2D eigenvalue weighted by Gasteiger charge is -2.35. The first-order valence-electron chi connectivity index (χ1n) is 20.0. The van der Waals surface area contributed by atoms with Gasteiger partial charge in [0, 0.05) is 12.6 Å². The fourth-order valence-corrected chi connectivity index (χ4v) is 8.96. The lowest BCUT2D eigenvalue weighted by atomic mass is 9.97. The topological polar surface area (TPSA) is 116 Å². The third kappa shape index (κ3) is 6.90. The van der Waals surface area contributed by atoms with Gasteiger partial charge >= 0.3 is 12.2 Å². The van der Waals surface area contributed by atoms with E-state index in [-0.39, 0.29) is 30.3 Å². The summed E-state index contributed by atoms with van der Waals surface area (Å²) in [6.07, 6.45) is 6.22. The van der Waals surface area contributed by atoms with E-state index in [1.807, 2.05) is 52.6 Å². The van der Waals surface area contributed by atoms with E-state index in [4.69, 9.17) is 14.5 Å². The number of ether oxygens (including phenoxy) is 2. The van der Waals surface area contributed by atoms with Crippen molar-refractivity contribution in [1.82, 2.24) is 29.7 Å². The highest BCUT2D eigenvalue weighted by molar-refractivity contribution is 5.92. The van der Waals surface area contributed by atoms with Crippen LogP contribution in [0.2, 0.25) is 0 Å². The molecule has 3 fully saturated rings. The molecule has 9 rings (SSSR count). The number of rotatable bonds is 5. The molecule has 4 aromatic carbocycles. The Bertz CT molecular complexity index is 2450. The van der Waals surface area contributed by atoms with Crippen molar-refractivity contribution < 1.29 is 19.1 Å². The third-order valence-electron chi connectivity index (χ3n) is 11.5. The van der Waals surface area contributed by atoms with Gasteiger partial charge in [-0.3, -0.25) is 9.80 Å². The number of hydrogen-bond donors (Lipinski definition) is 2. The number of hydrogen-bond acceptors (Lipinski definition) is 6. The predicted molar refractivity (Wildman–Crippen MR) is 219 cm³/mol. The monoisotopic (exact) mass is 750 g/mol. The van der Waals surface area contributed by atoms with E-state index in [1.165, 1.54) is 10.8 Å². The fourth-order valence-electron chi connectivity index (χ4n) is 8.96. The molecular weight excluding hydrogens is 701 g/mol. The number of benzene rings is 4. The highest BCUT2D eigenvalue weighted by Gasteiger charge is 2.51. The van der Waals surface area contributed by atoms with E-state index < -0.39 is 11.2 Å². The number of carbonyl (C=O) groups excluding carboxylic acids is 2. The second-order valence-corrected chi connectivity index (χ2v) is 17.8. The highest BCUT2D eigenvalue weighted by Crippen LogP contribution is 2.50. The second-order valence-electron chi connectivity index (χ2n) is 17.8. The standard InChI is InChI=1S/C46H50N6O4/c1-45(2,3)55-43(53)51-21-7-8-39(51)41-47-26-38(50-41)28-11-9-27(10-12-28)29-13-14-31-23-32(16-15-30(31)22-29)33-18-20-36-37(25-33)49-42(48-36)40-34-17-19-35(24-34)52(40)44(54)56-46(4,5)6/h9-16,18,20,22-23,25-26,34-35,39-40H,7-8,17,19,21,24H2,1-6H3,(H,47,50)(H,48,49). The molecule has 10 nitrogen and oxygen atoms in total. The fraction of sp³-hybridized carbons (Fsp3) is 0.391. The molecule has 4 unspecified atom stereocenters. The number of nitrogens with zero attached hydrogens (tertiary/aromatic N) is 4. The molecule has 2 saturated heterocycles. The number of imidazole rings is 2. The normalized spacial score (nSPS) is 21.0. The Morgan fingerprint density at radius 3 is 2.04 bits per heavy atom. The Balaban J connectivity index is 0.906. The van der Waals surface area contributed by atoms with E-state index in [0.29, 0.717) is 12.5 Å². The lowest BCUT2D eigenvalue weighted by Crippen LogP contribution is -2.43. The minimum Gasteiger partial charge on any atom is -0.444 e. The zero-order chi connectivity index (χ0) is 38.9. The number of fused-ring (bicyclic) bond motifs is 4. The first kappa shape index (κ1) is 36.0. The SMILES string of the molecule is CC(C)(C)OC(=O)N1CCCC1c1ncc(-c2ccc(-c3ccc4cc(-c5ccc6nc(C7C8CCC(C8)N7C(=O)OC(C)(C)C)[nH]c6c5)ccc4c3)cc2)[nH]1. The molecule has 0 radical (unpaired) electrons. The van der Waals surface area contributed by atoms with Crippen molar-refractivity contribution in [3.05, 3.63) is 96.7 Å². The van der Waals surface area contributed by atoms with Gasteiger partial charge in [0.1, 0.15) is 22.9 Å². The number of aromatic amines is 2. The summed E-state index contributed by atoms with van der Waals surface area (Å²) in [5, 5.41) is 2.34. The van der Waals surface area contributed by atoms with Crippen LogP contribution in [0.15, 0.2) is 85.1 Å². The molecular formula is C46H50N6O4. The van der Waals surface area contributed by atoms with E-state index in [2.05, 4.69) is 93.8 Å². The van der Waals surface area contributed by atoms with Crippen LogP contribution in [0.5, 0.6) is 0 Å². The van der Waals surface area contributed by atoms with Crippen LogP contribution in [-0.2, 0) is 9.47 Å². The molecule has 4 atom stereocenters. The summed E-state index contributed by atoms with van der Waals surface area (Å²) in [6, 6.07) is 28.1. The van der Waals surface area contributed by atoms with Crippen LogP contribution in [0.25, 0.3) is 55.3 Å². The number of nitrogens with one attached hydrogen (secondary N) is 2. The van der Waals surface area contributed by atoms with Crippen molar-refractivity contribution in [2.75, 3.05) is 6.54 Å². The van der Waals surface area contributed by atoms with E-state index in [0.717, 1.165) is 88.3 Å². The Morgan fingerprint density at radius 1 is 0.696 bits per heavy atom. The summed E-state index contributed by atoms with van der Waals surface area (Å²) in [5.74, 6) is 2.03. The van der Waals surface area contributed by atoms with Gasteiger partial charge in [-0.2, -0.15) is 0 Å². The largest absolute Gasteiger partial charge is 0.444 e. The summed E-state index contributed by atoms with van der Waals surface area (Å²) in [6.45, 7) is 12.1. The Morgan fingerprint density at radius 2 is 1.32 bits per heavy atom. The maximum atomic E-state index is 13.3. The van der Waals surface area contributed by atoms with Gasteiger partial charge in [-0.25, -0.2) is 19.6 Å². The van der Waals surface area contributed by atoms with Crippen LogP contribution in [0.4, 0.5) is 9.59 Å². The molecule has 1 aliphatic carbocycles. The van der Waals surface area contributed by atoms with Gasteiger partial charge in [0.05, 0.1) is 35.0 Å². The van der Waals surface area contributed by atoms with E-state index in [9.17, 15) is 9.59 Å². The van der Waals surface area contributed by atoms with Crippen LogP contribution in [-0.4, -0.2) is 65.7 Å². The molecule has 10 heteroatoms. The number of carbonyl (C=O) groups is 2. The van der Waals surface area contributed by atoms with Crippen LogP contribution < -0.4 is 0 Å². The first-order chi connectivity index (χ1) is 26.8. The smallest absolute Gasteiger partial charge is 0.411 e. The van der Waals surface area contributed by atoms with E-state index >= 15 is 0 Å². The minimum absolute atomic E-state index is 0.0934. The quantitative estimate of drug-likeness (QED) is 0.181. The Hall–Kier alpha value is -5.64. The number of aromatic nitrogens is 4. The van der Waals surface area contributed by atoms with Gasteiger partial charge in [0.2, 0.25) is 0 Å². The van der Waals surface area contributed by atoms with Crippen LogP contribution in [0.3, 0.4) is 0 Å². The average Bonchev–Trinajstić information content (AvgIpc) is 4.00. The molecule has 2 aromatic heterocycles. The van der Waals surface area contributed by atoms with Crippen molar-refractivity contribution in [3.63, 3.8) is 0 Å². The van der Waals surface area contributed by atoms with Crippen LogP contribution >= 0.6 is 0 Å². The summed E-state index contributed by atoms with van der Waals surface area (Å²) in [7, 11) is 0. The molecule has 4 heterocycles. The van der Waals surface area contributed by atoms with E-state index in [1.54, 1.807) is 4.90 Å². The van der Waals surface area contributed by atoms with Gasteiger partial charge in [0.25, 0.3) is 0 Å². The maximum absolute atomic E-state index is 13.3. The first-order valence-corrected chi connectivity index (χ1v) is 20.0. The van der Waals surface area contributed by atoms with Crippen molar-refractivity contribution in [2.45, 2.75) is 103 Å². The van der Waals surface area contributed by atoms with Gasteiger partial charge in [-0.15, -0.1) is 0 Å². The Kier molecular flexibility index (Phi) is 8.71. The molecule has 6 aromatic rings. The Labute approximate surface area is 327 Å². The third-order valence-corrected chi connectivity index (χ3v) is 11.5. The van der Waals surface area contributed by atoms with Crippen LogP contribution in [0, 0.1) is 5.92 Å². The molecule has 2 amide bonds. The molecule has 0 spiro atoms. The summed E-state index contributed by atoms with van der Waals surface area (Å²) >= 11 is 0. The molecule has 56 heavy (non-hydrogen) atoms. The lowest BCUT2D eigenvalue weighted by molar-refractivity contribution is 0.00616. The van der Waals surface area contributed by atoms with Gasteiger partial charge < -0.3 is 19.4 Å². The molecule has 1 saturated carbocycles. The number of amides is 2. The molecule has 2 aliphatic heterocycles. The molecule has 288 valence electrons. The number of piperidine rings is 1. The van der Waals surface area contributed by atoms with Crippen LogP contribution in [0.1, 0.15) is 97.4 Å². The zero-order valence-corrected chi connectivity index (χ0v) is 33.1. The highest BCUT2D eigenvalue weighted by atomic mass is 16.6. The zero-order valence-electron chi connectivity index (χ0n) is 33.1. The second kappa shape index (κ2) is 13.5.